The minimum absolute atomic E-state index is 0.104. The Hall–Kier alpha value is -1.95. The Balaban J connectivity index is 2.48. The van der Waals surface area contributed by atoms with Crippen LogP contribution in [0.3, 0.4) is 0 Å². The molecule has 6 heteroatoms. The lowest BCUT2D eigenvalue weighted by Gasteiger charge is -2.25. The van der Waals surface area contributed by atoms with Crippen molar-refractivity contribution in [1.29, 1.82) is 0 Å². The summed E-state index contributed by atoms with van der Waals surface area (Å²) in [6, 6.07) is 7.94. The summed E-state index contributed by atoms with van der Waals surface area (Å²) >= 11 is 0. The summed E-state index contributed by atoms with van der Waals surface area (Å²) in [5, 5.41) is 10.9. The first-order valence-electron chi connectivity index (χ1n) is 6.58. The van der Waals surface area contributed by atoms with Crippen molar-refractivity contribution in [3.05, 3.63) is 35.9 Å². The third kappa shape index (κ3) is 5.51. The van der Waals surface area contributed by atoms with Gasteiger partial charge >= 0.3 is 5.97 Å². The summed E-state index contributed by atoms with van der Waals surface area (Å²) in [5.74, 6) is -1.95. The Morgan fingerprint density at radius 1 is 1.33 bits per heavy atom. The molecule has 1 atom stereocenters. The fourth-order valence-corrected chi connectivity index (χ4v) is 1.58. The molecule has 0 aromatic heterocycles. The summed E-state index contributed by atoms with van der Waals surface area (Å²) in [6.07, 6.45) is 0. The fraction of sp³-hybridized carbons (Fsp3) is 0.467. The average Bonchev–Trinajstić information content (AvgIpc) is 2.45. The van der Waals surface area contributed by atoms with Gasteiger partial charge in [-0.05, 0) is 19.4 Å². The van der Waals surface area contributed by atoms with Crippen molar-refractivity contribution in [3.63, 3.8) is 0 Å². The molecule has 1 aromatic carbocycles. The normalized spacial score (nSPS) is 12.7. The summed E-state index contributed by atoms with van der Waals surface area (Å²) in [4.78, 5) is 22.7. The smallest absolute Gasteiger partial charge is 0.328 e. The summed E-state index contributed by atoms with van der Waals surface area (Å²) < 4.78 is 18.0. The van der Waals surface area contributed by atoms with Crippen LogP contribution >= 0.6 is 0 Å². The van der Waals surface area contributed by atoms with Gasteiger partial charge in [-0.3, -0.25) is 4.79 Å². The van der Waals surface area contributed by atoms with Crippen LogP contribution in [-0.2, 0) is 20.9 Å². The van der Waals surface area contributed by atoms with E-state index in [1.54, 1.807) is 13.8 Å². The molecule has 0 radical (unpaired) electrons. The van der Waals surface area contributed by atoms with E-state index in [-0.39, 0.29) is 6.61 Å². The zero-order valence-corrected chi connectivity index (χ0v) is 12.1. The Morgan fingerprint density at radius 3 is 2.48 bits per heavy atom. The highest BCUT2D eigenvalue weighted by Gasteiger charge is 2.31. The molecule has 2 N–H and O–H groups in total. The number of halogens is 1. The summed E-state index contributed by atoms with van der Waals surface area (Å²) in [6.45, 7) is 2.53. The van der Waals surface area contributed by atoms with Gasteiger partial charge < -0.3 is 15.2 Å². The molecule has 1 rings (SSSR count). The lowest BCUT2D eigenvalue weighted by atomic mass is 9.93. The standard InChI is InChI=1S/C15H20FNO4/c1-15(2,14(20)17-12(8-16)13(18)19)10-21-9-11-6-4-3-5-7-11/h3-7,12H,8-10H2,1-2H3,(H,17,20)(H,18,19). The molecular weight excluding hydrogens is 277 g/mol. The molecule has 1 aromatic rings. The first-order valence-corrected chi connectivity index (χ1v) is 6.58. The molecule has 1 unspecified atom stereocenters. The summed E-state index contributed by atoms with van der Waals surface area (Å²) in [7, 11) is 0. The minimum atomic E-state index is -1.52. The van der Waals surface area contributed by atoms with E-state index in [9.17, 15) is 14.0 Å². The second-order valence-corrected chi connectivity index (χ2v) is 5.38. The zero-order valence-electron chi connectivity index (χ0n) is 12.1. The number of hydrogen-bond acceptors (Lipinski definition) is 3. The molecule has 0 aliphatic heterocycles. The van der Waals surface area contributed by atoms with Gasteiger partial charge in [-0.25, -0.2) is 9.18 Å². The summed E-state index contributed by atoms with van der Waals surface area (Å²) in [5.41, 5.74) is 0.0263. The average molecular weight is 297 g/mol. The Morgan fingerprint density at radius 2 is 1.95 bits per heavy atom. The SMILES string of the molecule is CC(C)(COCc1ccccc1)C(=O)NC(CF)C(=O)O. The molecule has 0 bridgehead atoms. The highest BCUT2D eigenvalue weighted by Crippen LogP contribution is 2.17. The van der Waals surface area contributed by atoms with Crippen LogP contribution in [-0.4, -0.2) is 36.3 Å². The number of aliphatic carboxylic acids is 1. The second kappa shape index (κ2) is 7.73. The molecule has 116 valence electrons. The van der Waals surface area contributed by atoms with Gasteiger partial charge in [0.05, 0.1) is 18.6 Å². The monoisotopic (exact) mass is 297 g/mol. The van der Waals surface area contributed by atoms with Crippen molar-refractivity contribution in [2.75, 3.05) is 13.3 Å². The predicted octanol–water partition coefficient (Wildman–Crippen LogP) is 1.77. The van der Waals surface area contributed by atoms with E-state index in [1.165, 1.54) is 0 Å². The quantitative estimate of drug-likeness (QED) is 0.767. The van der Waals surface area contributed by atoms with Gasteiger partial charge in [0, 0.05) is 0 Å². The Bertz CT molecular complexity index is 476. The molecule has 21 heavy (non-hydrogen) atoms. The molecule has 0 saturated carbocycles. The number of carbonyl (C=O) groups is 2. The zero-order chi connectivity index (χ0) is 15.9. The fourth-order valence-electron chi connectivity index (χ4n) is 1.58. The van der Waals surface area contributed by atoms with Crippen molar-refractivity contribution in [3.8, 4) is 0 Å². The highest BCUT2D eigenvalue weighted by molar-refractivity contribution is 5.87. The van der Waals surface area contributed by atoms with Crippen molar-refractivity contribution < 1.29 is 23.8 Å². The lowest BCUT2D eigenvalue weighted by Crippen LogP contribution is -2.49. The topological polar surface area (TPSA) is 75.6 Å². The van der Waals surface area contributed by atoms with Crippen LogP contribution in [0.1, 0.15) is 19.4 Å². The maximum Gasteiger partial charge on any atom is 0.328 e. The van der Waals surface area contributed by atoms with Crippen LogP contribution in [0.5, 0.6) is 0 Å². The van der Waals surface area contributed by atoms with Gasteiger partial charge in [0.25, 0.3) is 0 Å². The van der Waals surface area contributed by atoms with Gasteiger partial charge in [-0.2, -0.15) is 0 Å². The van der Waals surface area contributed by atoms with Crippen LogP contribution in [0, 0.1) is 5.41 Å². The van der Waals surface area contributed by atoms with Crippen LogP contribution < -0.4 is 5.32 Å². The van der Waals surface area contributed by atoms with Crippen LogP contribution in [0.15, 0.2) is 30.3 Å². The number of carbonyl (C=O) groups excluding carboxylic acids is 1. The highest BCUT2D eigenvalue weighted by atomic mass is 19.1. The third-order valence-corrected chi connectivity index (χ3v) is 2.95. The molecule has 5 nitrogen and oxygen atoms in total. The van der Waals surface area contributed by atoms with E-state index in [1.807, 2.05) is 30.3 Å². The van der Waals surface area contributed by atoms with Gasteiger partial charge in [-0.15, -0.1) is 0 Å². The Labute approximate surface area is 123 Å². The van der Waals surface area contributed by atoms with Crippen LogP contribution in [0.25, 0.3) is 0 Å². The number of hydrogen-bond donors (Lipinski definition) is 2. The van der Waals surface area contributed by atoms with E-state index in [4.69, 9.17) is 9.84 Å². The first-order chi connectivity index (χ1) is 9.86. The molecular formula is C15H20FNO4. The molecule has 0 fully saturated rings. The minimum Gasteiger partial charge on any atom is -0.480 e. The number of carboxylic acids is 1. The number of carboxylic acid groups (broad SMARTS) is 1. The molecule has 1 amide bonds. The maximum atomic E-state index is 12.5. The molecule has 0 heterocycles. The third-order valence-electron chi connectivity index (χ3n) is 2.95. The number of rotatable bonds is 8. The Kier molecular flexibility index (Phi) is 6.30. The first kappa shape index (κ1) is 17.1. The number of alkyl halides is 1. The molecule has 0 saturated heterocycles. The number of ether oxygens (including phenoxy) is 1. The maximum absolute atomic E-state index is 12.5. The van der Waals surface area contributed by atoms with Gasteiger partial charge in [-0.1, -0.05) is 30.3 Å². The van der Waals surface area contributed by atoms with Crippen molar-refractivity contribution in [1.82, 2.24) is 5.32 Å². The van der Waals surface area contributed by atoms with E-state index >= 15 is 0 Å². The molecule has 0 aliphatic rings. The largest absolute Gasteiger partial charge is 0.480 e. The second-order valence-electron chi connectivity index (χ2n) is 5.38. The molecule has 0 spiro atoms. The van der Waals surface area contributed by atoms with E-state index < -0.39 is 30.0 Å². The van der Waals surface area contributed by atoms with Crippen LogP contribution in [0.4, 0.5) is 4.39 Å². The van der Waals surface area contributed by atoms with E-state index in [2.05, 4.69) is 5.32 Å². The van der Waals surface area contributed by atoms with E-state index in [0.717, 1.165) is 5.56 Å². The number of nitrogens with one attached hydrogen (secondary N) is 1. The predicted molar refractivity (Wildman–Crippen MR) is 75.4 cm³/mol. The van der Waals surface area contributed by atoms with Gasteiger partial charge in [0.1, 0.15) is 6.67 Å². The van der Waals surface area contributed by atoms with E-state index in [0.29, 0.717) is 6.61 Å². The van der Waals surface area contributed by atoms with Crippen molar-refractivity contribution in [2.45, 2.75) is 26.5 Å². The number of benzene rings is 1. The van der Waals surface area contributed by atoms with Crippen LogP contribution in [0.2, 0.25) is 0 Å². The lowest BCUT2D eigenvalue weighted by molar-refractivity contribution is -0.145. The van der Waals surface area contributed by atoms with Crippen molar-refractivity contribution >= 4 is 11.9 Å². The number of amides is 1. The van der Waals surface area contributed by atoms with Gasteiger partial charge in [0.15, 0.2) is 6.04 Å². The van der Waals surface area contributed by atoms with Gasteiger partial charge in [0.2, 0.25) is 5.91 Å². The molecule has 0 aliphatic carbocycles. The van der Waals surface area contributed by atoms with Crippen molar-refractivity contribution in [2.24, 2.45) is 5.41 Å².